The van der Waals surface area contributed by atoms with Gasteiger partial charge in [-0.2, -0.15) is 14.7 Å². The Morgan fingerprint density at radius 1 is 1.19 bits per heavy atom. The molecule has 0 aliphatic rings. The molecule has 0 saturated heterocycles. The third-order valence-corrected chi connectivity index (χ3v) is 6.07. The predicted molar refractivity (Wildman–Crippen MR) is 139 cm³/mol. The summed E-state index contributed by atoms with van der Waals surface area (Å²) in [5.74, 6) is 0.474. The normalized spacial score (nSPS) is 12.4. The molecule has 3 heterocycles. The molecule has 0 saturated carbocycles. The van der Waals surface area contributed by atoms with E-state index >= 15 is 0 Å². The quantitative estimate of drug-likeness (QED) is 0.347. The fraction of sp³-hybridized carbons (Fsp3) is 0.385. The maximum Gasteiger partial charge on any atom is 0.407 e. The van der Waals surface area contributed by atoms with Crippen LogP contribution in [0.1, 0.15) is 44.5 Å². The van der Waals surface area contributed by atoms with E-state index in [-0.39, 0.29) is 18.7 Å². The second-order valence-corrected chi connectivity index (χ2v) is 9.09. The molecule has 3 aromatic heterocycles. The van der Waals surface area contributed by atoms with Crippen LogP contribution >= 0.6 is 0 Å². The first-order chi connectivity index (χ1) is 17.4. The molecule has 0 radical (unpaired) electrons. The number of aryl methyl sites for hydroxylation is 1. The van der Waals surface area contributed by atoms with Crippen molar-refractivity contribution in [3.8, 4) is 11.1 Å². The maximum absolute atomic E-state index is 12.6. The zero-order valence-corrected chi connectivity index (χ0v) is 21.3. The molecule has 0 bridgehead atoms. The van der Waals surface area contributed by atoms with Crippen LogP contribution in [0.15, 0.2) is 55.0 Å². The number of nitrogens with two attached hydrogens (primary N) is 1. The number of nitrogens with one attached hydrogen (secondary N) is 1. The van der Waals surface area contributed by atoms with Crippen molar-refractivity contribution in [3.63, 3.8) is 0 Å². The van der Waals surface area contributed by atoms with Gasteiger partial charge >= 0.3 is 6.09 Å². The predicted octanol–water partition coefficient (Wildman–Crippen LogP) is 3.80. The number of nitrogens with zero attached hydrogens (tertiary/aromatic N) is 6. The Labute approximate surface area is 211 Å². The number of hydrogen-bond acceptors (Lipinski definition) is 7. The van der Waals surface area contributed by atoms with Crippen molar-refractivity contribution < 1.29 is 9.53 Å². The van der Waals surface area contributed by atoms with E-state index in [0.29, 0.717) is 18.0 Å². The first kappa shape index (κ1) is 25.2. The Morgan fingerprint density at radius 2 is 1.97 bits per heavy atom. The van der Waals surface area contributed by atoms with Gasteiger partial charge in [0.05, 0.1) is 24.1 Å². The van der Waals surface area contributed by atoms with Gasteiger partial charge in [0.1, 0.15) is 12.4 Å². The van der Waals surface area contributed by atoms with E-state index in [1.165, 1.54) is 0 Å². The molecule has 0 aliphatic carbocycles. The van der Waals surface area contributed by atoms with Gasteiger partial charge in [-0.25, -0.2) is 9.78 Å². The zero-order chi connectivity index (χ0) is 25.7. The third-order valence-electron chi connectivity index (χ3n) is 6.07. The van der Waals surface area contributed by atoms with Crippen LogP contribution in [0.4, 0.5) is 10.6 Å². The topological polar surface area (TPSA) is 116 Å². The summed E-state index contributed by atoms with van der Waals surface area (Å²) in [7, 11) is 1.87. The Kier molecular flexibility index (Phi) is 7.84. The van der Waals surface area contributed by atoms with E-state index in [0.717, 1.165) is 35.3 Å². The molecule has 10 heteroatoms. The SMILES string of the molecule is CCCN(C(C)C)C(CNC(=O)OCc1ccccc1)c1cc(N)n2ncc(-c3cnn(C)c3)c2n1. The van der Waals surface area contributed by atoms with E-state index < -0.39 is 6.09 Å². The molecular weight excluding hydrogens is 456 g/mol. The fourth-order valence-electron chi connectivity index (χ4n) is 4.32. The molecule has 4 aromatic rings. The van der Waals surface area contributed by atoms with Crippen LogP contribution in [0.5, 0.6) is 0 Å². The number of carbonyl (C=O) groups is 1. The van der Waals surface area contributed by atoms with Gasteiger partial charge in [0.2, 0.25) is 0 Å². The van der Waals surface area contributed by atoms with Crippen LogP contribution in [0.3, 0.4) is 0 Å². The number of alkyl carbamates (subject to hydrolysis) is 1. The summed E-state index contributed by atoms with van der Waals surface area (Å²) in [5, 5.41) is 11.6. The molecule has 4 rings (SSSR count). The average Bonchev–Trinajstić information content (AvgIpc) is 3.49. The average molecular weight is 491 g/mol. The third kappa shape index (κ3) is 5.65. The smallest absolute Gasteiger partial charge is 0.407 e. The van der Waals surface area contributed by atoms with Crippen molar-refractivity contribution in [2.45, 2.75) is 45.9 Å². The molecule has 3 N–H and O–H groups in total. The van der Waals surface area contributed by atoms with E-state index in [9.17, 15) is 4.79 Å². The number of benzene rings is 1. The molecule has 1 unspecified atom stereocenters. The number of carbonyl (C=O) groups excluding carboxylic acids is 1. The fourth-order valence-corrected chi connectivity index (χ4v) is 4.32. The monoisotopic (exact) mass is 490 g/mol. The molecule has 0 spiro atoms. The lowest BCUT2D eigenvalue weighted by Crippen LogP contribution is -2.42. The number of rotatable bonds is 10. The molecule has 1 aromatic carbocycles. The second kappa shape index (κ2) is 11.2. The van der Waals surface area contributed by atoms with Crippen molar-refractivity contribution in [2.24, 2.45) is 7.05 Å². The Morgan fingerprint density at radius 3 is 2.64 bits per heavy atom. The first-order valence-electron chi connectivity index (χ1n) is 12.2. The molecule has 190 valence electrons. The molecule has 0 fully saturated rings. The van der Waals surface area contributed by atoms with Crippen LogP contribution < -0.4 is 11.1 Å². The summed E-state index contributed by atoms with van der Waals surface area (Å²) in [4.78, 5) is 19.9. The molecular formula is C26H34N8O2. The maximum atomic E-state index is 12.6. The highest BCUT2D eigenvalue weighted by Gasteiger charge is 2.26. The minimum Gasteiger partial charge on any atom is -0.445 e. The van der Waals surface area contributed by atoms with E-state index in [1.807, 2.05) is 49.6 Å². The second-order valence-electron chi connectivity index (χ2n) is 9.09. The number of nitrogen functional groups attached to an aromatic ring is 1. The van der Waals surface area contributed by atoms with E-state index in [2.05, 4.69) is 41.2 Å². The lowest BCUT2D eigenvalue weighted by Gasteiger charge is -2.34. The summed E-state index contributed by atoms with van der Waals surface area (Å²) in [6.07, 6.45) is 5.93. The van der Waals surface area contributed by atoms with E-state index in [4.69, 9.17) is 15.5 Å². The van der Waals surface area contributed by atoms with Crippen molar-refractivity contribution in [2.75, 3.05) is 18.8 Å². The lowest BCUT2D eigenvalue weighted by molar-refractivity contribution is 0.122. The van der Waals surface area contributed by atoms with E-state index in [1.54, 1.807) is 21.6 Å². The highest BCUT2D eigenvalue weighted by molar-refractivity contribution is 5.77. The van der Waals surface area contributed by atoms with Crippen molar-refractivity contribution in [1.29, 1.82) is 0 Å². The van der Waals surface area contributed by atoms with Crippen molar-refractivity contribution >= 4 is 17.6 Å². The Bertz CT molecular complexity index is 1300. The number of hydrogen-bond donors (Lipinski definition) is 2. The summed E-state index contributed by atoms with van der Waals surface area (Å²) < 4.78 is 8.80. The summed E-state index contributed by atoms with van der Waals surface area (Å²) >= 11 is 0. The molecule has 36 heavy (non-hydrogen) atoms. The molecule has 10 nitrogen and oxygen atoms in total. The van der Waals surface area contributed by atoms with Gasteiger partial charge < -0.3 is 15.8 Å². The summed E-state index contributed by atoms with van der Waals surface area (Å²) in [5.41, 5.74) is 10.5. The minimum absolute atomic E-state index is 0.210. The number of fused-ring (bicyclic) bond motifs is 1. The Balaban J connectivity index is 1.62. The number of anilines is 1. The van der Waals surface area contributed by atoms with Crippen LogP contribution in [0, 0.1) is 0 Å². The van der Waals surface area contributed by atoms with Gasteiger partial charge in [-0.3, -0.25) is 9.58 Å². The first-order valence-corrected chi connectivity index (χ1v) is 12.2. The number of aromatic nitrogens is 5. The van der Waals surface area contributed by atoms with Gasteiger partial charge in [-0.1, -0.05) is 37.3 Å². The number of amides is 1. The van der Waals surface area contributed by atoms with Gasteiger partial charge in [0.15, 0.2) is 5.65 Å². The van der Waals surface area contributed by atoms with Crippen molar-refractivity contribution in [3.05, 3.63) is 66.2 Å². The summed E-state index contributed by atoms with van der Waals surface area (Å²) in [6.45, 7) is 7.78. The van der Waals surface area contributed by atoms with Gasteiger partial charge in [-0.05, 0) is 32.4 Å². The molecule has 0 aliphatic heterocycles. The molecule has 1 atom stereocenters. The largest absolute Gasteiger partial charge is 0.445 e. The molecule has 1 amide bonds. The lowest BCUT2D eigenvalue weighted by atomic mass is 10.1. The zero-order valence-electron chi connectivity index (χ0n) is 21.3. The highest BCUT2D eigenvalue weighted by Crippen LogP contribution is 2.28. The number of ether oxygens (including phenoxy) is 1. The highest BCUT2D eigenvalue weighted by atomic mass is 16.5. The summed E-state index contributed by atoms with van der Waals surface area (Å²) in [6, 6.07) is 11.5. The van der Waals surface area contributed by atoms with Gasteiger partial charge in [0.25, 0.3) is 0 Å². The van der Waals surface area contributed by atoms with Gasteiger partial charge in [0, 0.05) is 43.0 Å². The van der Waals surface area contributed by atoms with Crippen molar-refractivity contribution in [1.82, 2.24) is 34.6 Å². The van der Waals surface area contributed by atoms with Crippen LogP contribution in [-0.2, 0) is 18.4 Å². The van der Waals surface area contributed by atoms with Crippen LogP contribution in [0.2, 0.25) is 0 Å². The van der Waals surface area contributed by atoms with Gasteiger partial charge in [-0.15, -0.1) is 0 Å². The Hall–Kier alpha value is -3.92. The minimum atomic E-state index is -0.474. The standard InChI is InChI=1S/C26H34N8O2/c1-5-11-33(18(2)3)23(15-28-26(35)36-17-19-9-7-6-8-10-19)22-12-24(27)34-25(31-22)21(14-30-34)20-13-29-32(4)16-20/h6-10,12-14,16,18,23H,5,11,15,17,27H2,1-4H3,(H,28,35). The van der Waals surface area contributed by atoms with Crippen LogP contribution in [-0.4, -0.2) is 54.5 Å². The van der Waals surface area contributed by atoms with Crippen LogP contribution in [0.25, 0.3) is 16.8 Å².